The van der Waals surface area contributed by atoms with Gasteiger partial charge in [-0.05, 0) is 37.1 Å². The Bertz CT molecular complexity index is 376. The summed E-state index contributed by atoms with van der Waals surface area (Å²) in [5, 5.41) is 0.815. The van der Waals surface area contributed by atoms with Crippen molar-refractivity contribution < 1.29 is 0 Å². The SMILES string of the molecule is CC(C)N1Cc2ccc(Cl)cc2C(CN)C1. The molecule has 1 aliphatic rings. The molecular formula is C13H19ClN2. The second-order valence-corrected chi connectivity index (χ2v) is 5.24. The smallest absolute Gasteiger partial charge is 0.0409 e. The van der Waals surface area contributed by atoms with Crippen LogP contribution in [0.2, 0.25) is 5.02 Å². The van der Waals surface area contributed by atoms with E-state index >= 15 is 0 Å². The third-order valence-electron chi connectivity index (χ3n) is 3.39. The van der Waals surface area contributed by atoms with Crippen molar-refractivity contribution in [3.05, 3.63) is 34.3 Å². The Balaban J connectivity index is 2.34. The highest BCUT2D eigenvalue weighted by atomic mass is 35.5. The lowest BCUT2D eigenvalue weighted by Crippen LogP contribution is -2.40. The number of hydrogen-bond acceptors (Lipinski definition) is 2. The van der Waals surface area contributed by atoms with Crippen LogP contribution in [0.15, 0.2) is 18.2 Å². The van der Waals surface area contributed by atoms with Crippen molar-refractivity contribution in [1.82, 2.24) is 4.90 Å². The molecule has 2 rings (SSSR count). The number of nitrogens with two attached hydrogens (primary N) is 1. The molecule has 0 saturated heterocycles. The molecule has 0 spiro atoms. The number of rotatable bonds is 2. The fourth-order valence-electron chi connectivity index (χ4n) is 2.35. The molecule has 0 amide bonds. The second kappa shape index (κ2) is 4.74. The average Bonchev–Trinajstić information content (AvgIpc) is 2.27. The van der Waals surface area contributed by atoms with E-state index in [0.717, 1.165) is 18.1 Å². The highest BCUT2D eigenvalue weighted by Crippen LogP contribution is 2.30. The van der Waals surface area contributed by atoms with E-state index in [-0.39, 0.29) is 0 Å². The number of benzene rings is 1. The van der Waals surface area contributed by atoms with Crippen LogP contribution in [0.5, 0.6) is 0 Å². The van der Waals surface area contributed by atoms with Gasteiger partial charge in [-0.2, -0.15) is 0 Å². The van der Waals surface area contributed by atoms with Crippen LogP contribution in [0, 0.1) is 0 Å². The summed E-state index contributed by atoms with van der Waals surface area (Å²) in [6.45, 7) is 7.21. The van der Waals surface area contributed by atoms with Crippen LogP contribution < -0.4 is 5.73 Å². The molecule has 2 nitrogen and oxygen atoms in total. The molecule has 1 aromatic carbocycles. The summed E-state index contributed by atoms with van der Waals surface area (Å²) in [7, 11) is 0. The molecule has 1 unspecified atom stereocenters. The van der Waals surface area contributed by atoms with Gasteiger partial charge in [0.25, 0.3) is 0 Å². The zero-order valence-corrected chi connectivity index (χ0v) is 10.7. The van der Waals surface area contributed by atoms with E-state index in [0.29, 0.717) is 18.5 Å². The third-order valence-corrected chi connectivity index (χ3v) is 3.63. The fraction of sp³-hybridized carbons (Fsp3) is 0.538. The lowest BCUT2D eigenvalue weighted by molar-refractivity contribution is 0.185. The predicted octanol–water partition coefficient (Wildman–Crippen LogP) is 2.61. The highest BCUT2D eigenvalue weighted by Gasteiger charge is 2.25. The van der Waals surface area contributed by atoms with Gasteiger partial charge in [0.2, 0.25) is 0 Å². The molecule has 0 saturated carbocycles. The van der Waals surface area contributed by atoms with Crippen LogP contribution >= 0.6 is 11.6 Å². The Morgan fingerprint density at radius 2 is 2.25 bits per heavy atom. The van der Waals surface area contributed by atoms with E-state index in [1.807, 2.05) is 6.07 Å². The molecule has 0 bridgehead atoms. The standard InChI is InChI=1S/C13H19ClN2/c1-9(2)16-7-10-3-4-12(14)5-13(10)11(6-15)8-16/h3-5,9,11H,6-8,15H2,1-2H3. The Morgan fingerprint density at radius 3 is 2.88 bits per heavy atom. The molecule has 0 aliphatic carbocycles. The average molecular weight is 239 g/mol. The zero-order valence-electron chi connectivity index (χ0n) is 9.91. The third kappa shape index (κ3) is 2.24. The van der Waals surface area contributed by atoms with Gasteiger partial charge in [-0.15, -0.1) is 0 Å². The largest absolute Gasteiger partial charge is 0.330 e. The van der Waals surface area contributed by atoms with E-state index in [9.17, 15) is 0 Å². The first-order chi connectivity index (χ1) is 7.61. The Morgan fingerprint density at radius 1 is 1.50 bits per heavy atom. The summed E-state index contributed by atoms with van der Waals surface area (Å²) in [6.07, 6.45) is 0. The number of halogens is 1. The maximum atomic E-state index is 6.04. The molecule has 1 heterocycles. The topological polar surface area (TPSA) is 29.3 Å². The van der Waals surface area contributed by atoms with Crippen LogP contribution in [-0.4, -0.2) is 24.0 Å². The molecule has 0 aromatic heterocycles. The first kappa shape index (κ1) is 11.9. The van der Waals surface area contributed by atoms with E-state index in [1.165, 1.54) is 11.1 Å². The van der Waals surface area contributed by atoms with Crippen LogP contribution in [0.1, 0.15) is 30.9 Å². The van der Waals surface area contributed by atoms with Crippen molar-refractivity contribution in [1.29, 1.82) is 0 Å². The molecule has 16 heavy (non-hydrogen) atoms. The first-order valence-electron chi connectivity index (χ1n) is 5.84. The number of nitrogens with zero attached hydrogens (tertiary/aromatic N) is 1. The predicted molar refractivity (Wildman–Crippen MR) is 68.8 cm³/mol. The number of fused-ring (bicyclic) bond motifs is 1. The molecule has 1 aliphatic heterocycles. The van der Waals surface area contributed by atoms with Crippen LogP contribution in [0.4, 0.5) is 0 Å². The van der Waals surface area contributed by atoms with Gasteiger partial charge in [0, 0.05) is 36.6 Å². The van der Waals surface area contributed by atoms with Gasteiger partial charge in [-0.25, -0.2) is 0 Å². The molecule has 1 aromatic rings. The minimum Gasteiger partial charge on any atom is -0.330 e. The van der Waals surface area contributed by atoms with E-state index in [4.69, 9.17) is 17.3 Å². The van der Waals surface area contributed by atoms with Gasteiger partial charge in [-0.1, -0.05) is 17.7 Å². The summed E-state index contributed by atoms with van der Waals surface area (Å²) in [5.74, 6) is 0.421. The summed E-state index contributed by atoms with van der Waals surface area (Å²) in [5.41, 5.74) is 8.58. The van der Waals surface area contributed by atoms with Crippen molar-refractivity contribution >= 4 is 11.6 Å². The Hall–Kier alpha value is -0.570. The van der Waals surface area contributed by atoms with Crippen LogP contribution in [0.25, 0.3) is 0 Å². The summed E-state index contributed by atoms with van der Waals surface area (Å²) in [6, 6.07) is 6.75. The maximum Gasteiger partial charge on any atom is 0.0409 e. The number of hydrogen-bond donors (Lipinski definition) is 1. The molecule has 88 valence electrons. The summed E-state index contributed by atoms with van der Waals surface area (Å²) >= 11 is 6.04. The molecule has 2 N–H and O–H groups in total. The molecule has 1 atom stereocenters. The van der Waals surface area contributed by atoms with E-state index in [2.05, 4.69) is 30.9 Å². The molecule has 0 radical (unpaired) electrons. The normalized spacial score (nSPS) is 21.2. The van der Waals surface area contributed by atoms with Gasteiger partial charge in [0.05, 0.1) is 0 Å². The zero-order chi connectivity index (χ0) is 11.7. The van der Waals surface area contributed by atoms with Crippen molar-refractivity contribution in [2.45, 2.75) is 32.4 Å². The van der Waals surface area contributed by atoms with Gasteiger partial charge in [0.15, 0.2) is 0 Å². The van der Waals surface area contributed by atoms with Crippen molar-refractivity contribution in [2.24, 2.45) is 5.73 Å². The quantitative estimate of drug-likeness (QED) is 0.858. The van der Waals surface area contributed by atoms with Gasteiger partial charge in [0.1, 0.15) is 0 Å². The van der Waals surface area contributed by atoms with Crippen LogP contribution in [-0.2, 0) is 6.54 Å². The van der Waals surface area contributed by atoms with Crippen molar-refractivity contribution in [3.63, 3.8) is 0 Å². The van der Waals surface area contributed by atoms with Crippen molar-refractivity contribution in [2.75, 3.05) is 13.1 Å². The summed E-state index contributed by atoms with van der Waals surface area (Å²) < 4.78 is 0. The Labute approximate surface area is 102 Å². The first-order valence-corrected chi connectivity index (χ1v) is 6.22. The van der Waals surface area contributed by atoms with Gasteiger partial charge < -0.3 is 5.73 Å². The highest BCUT2D eigenvalue weighted by molar-refractivity contribution is 6.30. The minimum absolute atomic E-state index is 0.421. The molecular weight excluding hydrogens is 220 g/mol. The van der Waals surface area contributed by atoms with E-state index in [1.54, 1.807) is 0 Å². The fourth-order valence-corrected chi connectivity index (χ4v) is 2.53. The monoisotopic (exact) mass is 238 g/mol. The molecule has 0 fully saturated rings. The second-order valence-electron chi connectivity index (χ2n) is 4.80. The minimum atomic E-state index is 0.421. The van der Waals surface area contributed by atoms with Crippen molar-refractivity contribution in [3.8, 4) is 0 Å². The lowest BCUT2D eigenvalue weighted by Gasteiger charge is -2.36. The van der Waals surface area contributed by atoms with E-state index < -0.39 is 0 Å². The maximum absolute atomic E-state index is 6.04. The Kier molecular flexibility index (Phi) is 3.53. The van der Waals surface area contributed by atoms with Gasteiger partial charge in [-0.3, -0.25) is 4.90 Å². The van der Waals surface area contributed by atoms with Crippen LogP contribution in [0.3, 0.4) is 0 Å². The lowest BCUT2D eigenvalue weighted by atomic mass is 9.89. The summed E-state index contributed by atoms with van der Waals surface area (Å²) in [4.78, 5) is 2.47. The molecule has 3 heteroatoms. The van der Waals surface area contributed by atoms with Gasteiger partial charge >= 0.3 is 0 Å².